The Hall–Kier alpha value is -1.37. The highest BCUT2D eigenvalue weighted by Crippen LogP contribution is 2.26. The summed E-state index contributed by atoms with van der Waals surface area (Å²) in [5, 5.41) is 4.27. The molecule has 0 amide bonds. The summed E-state index contributed by atoms with van der Waals surface area (Å²) in [5.74, 6) is 1.05. The number of rotatable bonds is 7. The third kappa shape index (κ3) is 4.30. The summed E-state index contributed by atoms with van der Waals surface area (Å²) >= 11 is 0. The number of hydrogen-bond donors (Lipinski definition) is 1. The number of sulfone groups is 1. The first kappa shape index (κ1) is 16.0. The van der Waals surface area contributed by atoms with Crippen LogP contribution in [-0.2, 0) is 22.9 Å². The van der Waals surface area contributed by atoms with Gasteiger partial charge in [-0.15, -0.1) is 0 Å². The van der Waals surface area contributed by atoms with Crippen LogP contribution in [0.4, 0.5) is 0 Å². The summed E-state index contributed by atoms with van der Waals surface area (Å²) in [5.41, 5.74) is 2.01. The molecular weight excluding hydrogens is 288 g/mol. The van der Waals surface area contributed by atoms with Crippen LogP contribution in [0.25, 0.3) is 11.0 Å². The van der Waals surface area contributed by atoms with Crippen molar-refractivity contribution in [3.8, 4) is 0 Å². The van der Waals surface area contributed by atoms with Crippen molar-refractivity contribution < 1.29 is 12.8 Å². The van der Waals surface area contributed by atoms with Gasteiger partial charge in [0.1, 0.15) is 21.2 Å². The van der Waals surface area contributed by atoms with E-state index in [4.69, 9.17) is 4.42 Å². The normalized spacial score (nSPS) is 12.4. The molecule has 0 unspecified atom stereocenters. The topological polar surface area (TPSA) is 62.6 Å². The van der Waals surface area contributed by atoms with Gasteiger partial charge in [0.2, 0.25) is 0 Å². The zero-order valence-electron chi connectivity index (χ0n) is 12.7. The average Bonchev–Trinajstić information content (AvgIpc) is 2.74. The van der Waals surface area contributed by atoms with Gasteiger partial charge in [0.05, 0.1) is 12.3 Å². The fourth-order valence-electron chi connectivity index (χ4n) is 2.29. The third-order valence-corrected chi connectivity index (χ3v) is 4.32. The number of fused-ring (bicyclic) bond motifs is 1. The monoisotopic (exact) mass is 310 g/mol. The molecule has 0 atom stereocenters. The molecule has 5 nitrogen and oxygen atoms in total. The van der Waals surface area contributed by atoms with E-state index < -0.39 is 9.84 Å². The van der Waals surface area contributed by atoms with Gasteiger partial charge < -0.3 is 9.73 Å². The molecule has 0 spiro atoms. The number of hydrogen-bond acceptors (Lipinski definition) is 5. The van der Waals surface area contributed by atoms with Crippen molar-refractivity contribution in [2.24, 2.45) is 0 Å². The van der Waals surface area contributed by atoms with E-state index in [1.807, 2.05) is 43.3 Å². The fraction of sp³-hybridized carbons (Fsp3) is 0.467. The van der Waals surface area contributed by atoms with Gasteiger partial charge in [0.25, 0.3) is 0 Å². The van der Waals surface area contributed by atoms with E-state index in [1.54, 1.807) is 0 Å². The Morgan fingerprint density at radius 1 is 1.29 bits per heavy atom. The molecule has 0 radical (unpaired) electrons. The molecule has 0 aliphatic rings. The van der Waals surface area contributed by atoms with Gasteiger partial charge in [-0.05, 0) is 20.2 Å². The van der Waals surface area contributed by atoms with E-state index in [9.17, 15) is 8.42 Å². The van der Waals surface area contributed by atoms with Crippen LogP contribution in [0.5, 0.6) is 0 Å². The Morgan fingerprint density at radius 2 is 2.00 bits per heavy atom. The molecule has 6 heteroatoms. The van der Waals surface area contributed by atoms with E-state index in [2.05, 4.69) is 5.32 Å². The van der Waals surface area contributed by atoms with E-state index >= 15 is 0 Å². The maximum atomic E-state index is 11.2. The van der Waals surface area contributed by atoms with Gasteiger partial charge in [0.15, 0.2) is 0 Å². The highest BCUT2D eigenvalue weighted by molar-refractivity contribution is 7.90. The van der Waals surface area contributed by atoms with Crippen molar-refractivity contribution in [2.45, 2.75) is 13.1 Å². The Bertz CT molecular complexity index is 707. The Morgan fingerprint density at radius 3 is 2.67 bits per heavy atom. The predicted octanol–water partition coefficient (Wildman–Crippen LogP) is 1.63. The summed E-state index contributed by atoms with van der Waals surface area (Å²) in [6, 6.07) is 7.94. The molecule has 1 aromatic carbocycles. The minimum atomic E-state index is -2.94. The quantitative estimate of drug-likeness (QED) is 0.842. The SMILES string of the molecule is CNCc1c(CN(C)CCS(C)(=O)=O)oc2ccccc12. The number of benzene rings is 1. The average molecular weight is 310 g/mol. The van der Waals surface area contributed by atoms with Crippen molar-refractivity contribution >= 4 is 20.8 Å². The lowest BCUT2D eigenvalue weighted by molar-refractivity contribution is 0.312. The molecule has 0 saturated heterocycles. The largest absolute Gasteiger partial charge is 0.459 e. The molecule has 2 aromatic rings. The first-order valence-electron chi connectivity index (χ1n) is 6.91. The minimum Gasteiger partial charge on any atom is -0.459 e. The van der Waals surface area contributed by atoms with Crippen LogP contribution in [0.2, 0.25) is 0 Å². The van der Waals surface area contributed by atoms with E-state index in [1.165, 1.54) is 6.26 Å². The van der Waals surface area contributed by atoms with Crippen molar-refractivity contribution in [2.75, 3.05) is 32.6 Å². The molecule has 1 aromatic heterocycles. The van der Waals surface area contributed by atoms with Crippen molar-refractivity contribution in [1.82, 2.24) is 10.2 Å². The van der Waals surface area contributed by atoms with Crippen LogP contribution in [0.1, 0.15) is 11.3 Å². The fourth-order valence-corrected chi connectivity index (χ4v) is 2.94. The third-order valence-electron chi connectivity index (χ3n) is 3.39. The standard InChI is InChI=1S/C15H22N2O3S/c1-16-10-13-12-6-4-5-7-14(12)20-15(13)11-17(2)8-9-21(3,18)19/h4-7,16H,8-11H2,1-3H3. The summed E-state index contributed by atoms with van der Waals surface area (Å²) in [6.45, 7) is 1.82. The predicted molar refractivity (Wildman–Crippen MR) is 85.0 cm³/mol. The van der Waals surface area contributed by atoms with Gasteiger partial charge in [-0.1, -0.05) is 18.2 Å². The molecule has 116 valence electrons. The van der Waals surface area contributed by atoms with Crippen LogP contribution < -0.4 is 5.32 Å². The molecule has 0 aliphatic heterocycles. The summed E-state index contributed by atoms with van der Waals surface area (Å²) in [6.07, 6.45) is 1.26. The lowest BCUT2D eigenvalue weighted by Gasteiger charge is -2.15. The first-order valence-corrected chi connectivity index (χ1v) is 8.97. The molecule has 0 bridgehead atoms. The van der Waals surface area contributed by atoms with Crippen molar-refractivity contribution in [3.05, 3.63) is 35.6 Å². The van der Waals surface area contributed by atoms with Gasteiger partial charge in [0, 0.05) is 30.3 Å². The molecule has 0 fully saturated rings. The summed E-state index contributed by atoms with van der Waals surface area (Å²) in [7, 11) is 0.865. The maximum absolute atomic E-state index is 11.2. The number of para-hydroxylation sites is 1. The van der Waals surface area contributed by atoms with Gasteiger partial charge in [-0.3, -0.25) is 4.90 Å². The maximum Gasteiger partial charge on any atom is 0.148 e. The van der Waals surface area contributed by atoms with Gasteiger partial charge in [-0.2, -0.15) is 0 Å². The Labute approximate surface area is 125 Å². The second-order valence-electron chi connectivity index (χ2n) is 5.40. The highest BCUT2D eigenvalue weighted by Gasteiger charge is 2.15. The lowest BCUT2D eigenvalue weighted by Crippen LogP contribution is -2.25. The highest BCUT2D eigenvalue weighted by atomic mass is 32.2. The van der Waals surface area contributed by atoms with Crippen molar-refractivity contribution in [1.29, 1.82) is 0 Å². The second-order valence-corrected chi connectivity index (χ2v) is 7.66. The molecule has 1 N–H and O–H groups in total. The Kier molecular flexibility index (Phi) is 5.03. The van der Waals surface area contributed by atoms with Crippen molar-refractivity contribution in [3.63, 3.8) is 0 Å². The first-order chi connectivity index (χ1) is 9.90. The van der Waals surface area contributed by atoms with Crippen LogP contribution >= 0.6 is 0 Å². The Balaban J connectivity index is 2.19. The summed E-state index contributed by atoms with van der Waals surface area (Å²) in [4.78, 5) is 1.97. The molecule has 2 rings (SSSR count). The zero-order valence-corrected chi connectivity index (χ0v) is 13.5. The minimum absolute atomic E-state index is 0.158. The van der Waals surface area contributed by atoms with Gasteiger partial charge in [-0.25, -0.2) is 8.42 Å². The van der Waals surface area contributed by atoms with E-state index in [0.29, 0.717) is 13.1 Å². The van der Waals surface area contributed by atoms with E-state index in [0.717, 1.165) is 28.8 Å². The molecule has 21 heavy (non-hydrogen) atoms. The van der Waals surface area contributed by atoms with Crippen LogP contribution in [0.15, 0.2) is 28.7 Å². The number of nitrogens with zero attached hydrogens (tertiary/aromatic N) is 1. The molecule has 1 heterocycles. The smallest absolute Gasteiger partial charge is 0.148 e. The van der Waals surface area contributed by atoms with Crippen LogP contribution in [-0.4, -0.2) is 46.0 Å². The number of nitrogens with one attached hydrogen (secondary N) is 1. The lowest BCUT2D eigenvalue weighted by atomic mass is 10.1. The zero-order chi connectivity index (χ0) is 15.5. The molecule has 0 aliphatic carbocycles. The second kappa shape index (κ2) is 6.60. The van der Waals surface area contributed by atoms with Crippen LogP contribution in [0, 0.1) is 0 Å². The van der Waals surface area contributed by atoms with Crippen LogP contribution in [0.3, 0.4) is 0 Å². The molecular formula is C15H22N2O3S. The van der Waals surface area contributed by atoms with E-state index in [-0.39, 0.29) is 5.75 Å². The van der Waals surface area contributed by atoms with Gasteiger partial charge >= 0.3 is 0 Å². The molecule has 0 saturated carbocycles. The number of furan rings is 1. The summed E-state index contributed by atoms with van der Waals surface area (Å²) < 4.78 is 28.4.